The highest BCUT2D eigenvalue weighted by Crippen LogP contribution is 2.32. The maximum Gasteiger partial charge on any atom is 0.216 e. The predicted molar refractivity (Wildman–Crippen MR) is 125 cm³/mol. The summed E-state index contributed by atoms with van der Waals surface area (Å²) < 4.78 is 13.8. The Morgan fingerprint density at radius 1 is 1.13 bits per heavy atom. The Bertz CT molecular complexity index is 1100. The number of nitrogens with one attached hydrogen (secondary N) is 1. The minimum absolute atomic E-state index is 0.408. The minimum atomic E-state index is 0.408. The lowest BCUT2D eigenvalue weighted by atomic mass is 9.89. The van der Waals surface area contributed by atoms with Gasteiger partial charge < -0.3 is 9.47 Å². The van der Waals surface area contributed by atoms with Crippen molar-refractivity contribution in [2.75, 3.05) is 7.11 Å². The third-order valence-electron chi connectivity index (χ3n) is 5.67. The summed E-state index contributed by atoms with van der Waals surface area (Å²) in [6.45, 7) is 2.56. The van der Waals surface area contributed by atoms with Crippen LogP contribution in [0.3, 0.4) is 0 Å². The Hall–Kier alpha value is -2.93. The number of ether oxygens (including phenoxy) is 2. The van der Waals surface area contributed by atoms with E-state index in [1.165, 1.54) is 24.8 Å². The van der Waals surface area contributed by atoms with Crippen molar-refractivity contribution in [2.45, 2.75) is 51.6 Å². The molecule has 1 N–H and O–H groups in total. The van der Waals surface area contributed by atoms with E-state index in [2.05, 4.69) is 46.5 Å². The maximum absolute atomic E-state index is 5.97. The van der Waals surface area contributed by atoms with Crippen LogP contribution in [0.15, 0.2) is 47.6 Å². The van der Waals surface area contributed by atoms with Crippen LogP contribution in [-0.4, -0.2) is 28.2 Å². The summed E-state index contributed by atoms with van der Waals surface area (Å²) in [7, 11) is 1.64. The summed E-state index contributed by atoms with van der Waals surface area (Å²) in [5.41, 5.74) is 3.24. The molecule has 162 valence electrons. The molecule has 0 saturated heterocycles. The van der Waals surface area contributed by atoms with Gasteiger partial charge >= 0.3 is 0 Å². The van der Waals surface area contributed by atoms with Gasteiger partial charge in [0, 0.05) is 5.92 Å². The molecule has 31 heavy (non-hydrogen) atoms. The molecule has 1 aliphatic rings. The number of rotatable bonds is 7. The van der Waals surface area contributed by atoms with Gasteiger partial charge in [-0.05, 0) is 61.3 Å². The molecule has 0 unspecified atom stereocenters. The molecule has 1 heterocycles. The molecule has 0 atom stereocenters. The number of aromatic nitrogens is 3. The Kier molecular flexibility index (Phi) is 6.82. The highest BCUT2D eigenvalue weighted by molar-refractivity contribution is 7.71. The van der Waals surface area contributed by atoms with Crippen LogP contribution in [-0.2, 0) is 6.61 Å². The number of hydrogen-bond acceptors (Lipinski definition) is 5. The van der Waals surface area contributed by atoms with Gasteiger partial charge in [-0.25, -0.2) is 0 Å². The topological polar surface area (TPSA) is 64.4 Å². The van der Waals surface area contributed by atoms with Gasteiger partial charge in [0.25, 0.3) is 0 Å². The van der Waals surface area contributed by atoms with Gasteiger partial charge in [-0.1, -0.05) is 49.1 Å². The molecule has 2 aromatic carbocycles. The molecule has 1 fully saturated rings. The lowest BCUT2D eigenvalue weighted by Gasteiger charge is -2.19. The lowest BCUT2D eigenvalue weighted by Crippen LogP contribution is -2.10. The van der Waals surface area contributed by atoms with Crippen LogP contribution in [0, 0.1) is 11.7 Å². The average Bonchev–Trinajstić information content (AvgIpc) is 3.18. The van der Waals surface area contributed by atoms with Gasteiger partial charge in [0.15, 0.2) is 17.3 Å². The van der Waals surface area contributed by atoms with Crippen LogP contribution in [0.5, 0.6) is 11.5 Å². The van der Waals surface area contributed by atoms with Gasteiger partial charge in [-0.3, -0.25) is 5.10 Å². The minimum Gasteiger partial charge on any atom is -0.493 e. The van der Waals surface area contributed by atoms with Crippen LogP contribution in [0.4, 0.5) is 0 Å². The second kappa shape index (κ2) is 9.92. The van der Waals surface area contributed by atoms with Crippen LogP contribution < -0.4 is 9.47 Å². The fraction of sp³-hybridized carbons (Fsp3) is 0.375. The summed E-state index contributed by atoms with van der Waals surface area (Å²) in [5.74, 6) is 2.69. The number of hydrogen-bond donors (Lipinski definition) is 1. The molecule has 1 saturated carbocycles. The van der Waals surface area contributed by atoms with E-state index in [9.17, 15) is 0 Å². The van der Waals surface area contributed by atoms with Crippen molar-refractivity contribution in [3.63, 3.8) is 0 Å². The Morgan fingerprint density at radius 3 is 2.65 bits per heavy atom. The summed E-state index contributed by atoms with van der Waals surface area (Å²) >= 11 is 5.40. The molecule has 0 radical (unpaired) electrons. The van der Waals surface area contributed by atoms with Crippen molar-refractivity contribution in [1.82, 2.24) is 14.9 Å². The van der Waals surface area contributed by atoms with Crippen LogP contribution >= 0.6 is 12.2 Å². The van der Waals surface area contributed by atoms with E-state index in [4.69, 9.17) is 21.7 Å². The monoisotopic (exact) mass is 436 g/mol. The lowest BCUT2D eigenvalue weighted by molar-refractivity contribution is 0.284. The summed E-state index contributed by atoms with van der Waals surface area (Å²) in [6.07, 6.45) is 7.81. The van der Waals surface area contributed by atoms with Crippen LogP contribution in [0.25, 0.3) is 0 Å². The molecule has 7 heteroatoms. The third-order valence-corrected chi connectivity index (χ3v) is 5.93. The Labute approximate surface area is 187 Å². The highest BCUT2D eigenvalue weighted by atomic mass is 32.1. The Balaban J connectivity index is 1.49. The van der Waals surface area contributed by atoms with Crippen LogP contribution in [0.1, 0.15) is 60.5 Å². The molecule has 0 amide bonds. The van der Waals surface area contributed by atoms with Crippen molar-refractivity contribution in [1.29, 1.82) is 0 Å². The number of H-pyrrole nitrogens is 1. The quantitative estimate of drug-likeness (QED) is 0.377. The second-order valence-electron chi connectivity index (χ2n) is 7.96. The zero-order chi connectivity index (χ0) is 21.6. The number of aryl methyl sites for hydroxylation is 1. The number of benzene rings is 2. The zero-order valence-corrected chi connectivity index (χ0v) is 18.8. The van der Waals surface area contributed by atoms with E-state index in [0.29, 0.717) is 28.8 Å². The molecule has 0 aliphatic heterocycles. The second-order valence-corrected chi connectivity index (χ2v) is 8.35. The van der Waals surface area contributed by atoms with E-state index in [0.717, 1.165) is 29.8 Å². The fourth-order valence-electron chi connectivity index (χ4n) is 3.89. The molecule has 0 spiro atoms. The SMILES string of the molecule is COc1cc(/C=N\n2c(C3CCCCC3)n[nH]c2=S)ccc1OCc1ccc(C)cc1. The molecular formula is C24H28N4O2S. The first-order valence-electron chi connectivity index (χ1n) is 10.7. The van der Waals surface area contributed by atoms with Gasteiger partial charge in [0.2, 0.25) is 4.77 Å². The number of methoxy groups -OCH3 is 1. The molecule has 1 aliphatic carbocycles. The van der Waals surface area contributed by atoms with Crippen molar-refractivity contribution in [3.8, 4) is 11.5 Å². The highest BCUT2D eigenvalue weighted by Gasteiger charge is 2.21. The smallest absolute Gasteiger partial charge is 0.216 e. The zero-order valence-electron chi connectivity index (χ0n) is 18.0. The van der Waals surface area contributed by atoms with Gasteiger partial charge in [0.1, 0.15) is 6.61 Å². The Morgan fingerprint density at radius 2 is 1.90 bits per heavy atom. The van der Waals surface area contributed by atoms with Crippen molar-refractivity contribution >= 4 is 18.4 Å². The van der Waals surface area contributed by atoms with Crippen LogP contribution in [0.2, 0.25) is 0 Å². The first kappa shape index (κ1) is 21.3. The molecule has 6 nitrogen and oxygen atoms in total. The molecule has 4 rings (SSSR count). The number of aromatic amines is 1. The summed E-state index contributed by atoms with van der Waals surface area (Å²) in [6, 6.07) is 14.1. The van der Waals surface area contributed by atoms with Crippen molar-refractivity contribution in [3.05, 3.63) is 69.8 Å². The average molecular weight is 437 g/mol. The van der Waals surface area contributed by atoms with Crippen molar-refractivity contribution in [2.24, 2.45) is 5.10 Å². The first-order chi connectivity index (χ1) is 15.1. The number of nitrogens with zero attached hydrogens (tertiary/aromatic N) is 3. The molecule has 3 aromatic rings. The van der Waals surface area contributed by atoms with E-state index < -0.39 is 0 Å². The largest absolute Gasteiger partial charge is 0.493 e. The summed E-state index contributed by atoms with van der Waals surface area (Å²) in [5, 5.41) is 12.0. The van der Waals surface area contributed by atoms with Gasteiger partial charge in [-0.15, -0.1) is 0 Å². The normalized spacial score (nSPS) is 14.8. The molecular weight excluding hydrogens is 408 g/mol. The van der Waals surface area contributed by atoms with E-state index in [-0.39, 0.29) is 0 Å². The molecule has 1 aromatic heterocycles. The third kappa shape index (κ3) is 5.22. The fourth-order valence-corrected chi connectivity index (χ4v) is 4.08. The predicted octanol–water partition coefficient (Wildman–Crippen LogP) is 5.77. The van der Waals surface area contributed by atoms with Crippen molar-refractivity contribution < 1.29 is 9.47 Å². The van der Waals surface area contributed by atoms with Gasteiger partial charge in [0.05, 0.1) is 13.3 Å². The van der Waals surface area contributed by atoms with E-state index in [1.807, 2.05) is 18.2 Å². The van der Waals surface area contributed by atoms with Gasteiger partial charge in [-0.2, -0.15) is 14.9 Å². The maximum atomic E-state index is 5.97. The first-order valence-corrected chi connectivity index (χ1v) is 11.1. The summed E-state index contributed by atoms with van der Waals surface area (Å²) in [4.78, 5) is 0. The van der Waals surface area contributed by atoms with E-state index >= 15 is 0 Å². The standard InChI is InChI=1S/C24H28N4O2S/c1-17-8-10-18(11-9-17)16-30-21-13-12-19(14-22(21)29-2)15-25-28-23(26-27-24(28)31)20-6-4-3-5-7-20/h8-15,20H,3-7,16H2,1-2H3,(H,27,31)/b25-15-. The molecule has 0 bridgehead atoms. The van der Waals surface area contributed by atoms with E-state index in [1.54, 1.807) is 18.0 Å².